The molecule has 3 aliphatic carbocycles. The van der Waals surface area contributed by atoms with Gasteiger partial charge in [-0.1, -0.05) is 19.1 Å². The van der Waals surface area contributed by atoms with Gasteiger partial charge in [-0.2, -0.15) is 0 Å². The van der Waals surface area contributed by atoms with Crippen molar-refractivity contribution in [3.05, 3.63) is 12.2 Å². The quantitative estimate of drug-likeness (QED) is 0.586. The Kier molecular flexibility index (Phi) is 3.77. The zero-order valence-electron chi connectivity index (χ0n) is 14.5. The molecule has 24 heavy (non-hydrogen) atoms. The van der Waals surface area contributed by atoms with Crippen LogP contribution in [0.15, 0.2) is 12.2 Å². The van der Waals surface area contributed by atoms with Gasteiger partial charge in [0.15, 0.2) is 0 Å². The Balaban J connectivity index is 1.41. The number of allylic oxidation sites excluding steroid dienone is 2. The minimum Gasteiger partial charge on any atom is -0.341 e. The highest BCUT2D eigenvalue weighted by Crippen LogP contribution is 2.52. The lowest BCUT2D eigenvalue weighted by Crippen LogP contribution is -2.46. The van der Waals surface area contributed by atoms with Gasteiger partial charge in [-0.05, 0) is 49.9 Å². The van der Waals surface area contributed by atoms with Gasteiger partial charge in [-0.25, -0.2) is 0 Å². The Morgan fingerprint density at radius 2 is 1.62 bits per heavy atom. The van der Waals surface area contributed by atoms with Gasteiger partial charge in [0.2, 0.25) is 17.7 Å². The zero-order valence-corrected chi connectivity index (χ0v) is 14.5. The minimum absolute atomic E-state index is 0.0767. The lowest BCUT2D eigenvalue weighted by atomic mass is 9.85. The molecule has 1 saturated heterocycles. The molecule has 5 nitrogen and oxygen atoms in total. The van der Waals surface area contributed by atoms with Crippen molar-refractivity contribution in [1.29, 1.82) is 0 Å². The van der Waals surface area contributed by atoms with Crippen molar-refractivity contribution < 1.29 is 14.4 Å². The minimum atomic E-state index is -0.207. The van der Waals surface area contributed by atoms with Gasteiger partial charge >= 0.3 is 0 Å². The molecule has 2 saturated carbocycles. The molecule has 0 aromatic heterocycles. The van der Waals surface area contributed by atoms with Crippen LogP contribution in [0.3, 0.4) is 0 Å². The third kappa shape index (κ3) is 2.32. The molecule has 5 heteroatoms. The summed E-state index contributed by atoms with van der Waals surface area (Å²) < 4.78 is 0. The van der Waals surface area contributed by atoms with Crippen LogP contribution < -0.4 is 0 Å². The number of carbonyl (C=O) groups excluding carboxylic acids is 3. The number of carbonyl (C=O) groups is 3. The second kappa shape index (κ2) is 5.71. The van der Waals surface area contributed by atoms with Gasteiger partial charge < -0.3 is 4.90 Å². The topological polar surface area (TPSA) is 57.7 Å². The molecule has 0 spiro atoms. The van der Waals surface area contributed by atoms with Crippen LogP contribution in [0.5, 0.6) is 0 Å². The summed E-state index contributed by atoms with van der Waals surface area (Å²) in [4.78, 5) is 41.0. The highest BCUT2D eigenvalue weighted by molar-refractivity contribution is 6.08. The van der Waals surface area contributed by atoms with Crippen LogP contribution in [0.4, 0.5) is 0 Å². The summed E-state index contributed by atoms with van der Waals surface area (Å²) in [5, 5.41) is 0. The van der Waals surface area contributed by atoms with Crippen LogP contribution in [0.25, 0.3) is 0 Å². The fraction of sp³-hybridized carbons (Fsp3) is 0.737. The van der Waals surface area contributed by atoms with E-state index in [-0.39, 0.29) is 54.0 Å². The second-order valence-corrected chi connectivity index (χ2v) is 8.18. The highest BCUT2D eigenvalue weighted by Gasteiger charge is 2.59. The number of hydrogen-bond acceptors (Lipinski definition) is 3. The molecule has 1 heterocycles. The summed E-state index contributed by atoms with van der Waals surface area (Å²) in [6.45, 7) is 2.17. The molecular formula is C19H26N2O3. The molecule has 3 fully saturated rings. The number of imide groups is 1. The predicted molar refractivity (Wildman–Crippen MR) is 88.6 cm³/mol. The van der Waals surface area contributed by atoms with Gasteiger partial charge in [0, 0.05) is 13.1 Å². The van der Waals surface area contributed by atoms with E-state index in [2.05, 4.69) is 19.1 Å². The van der Waals surface area contributed by atoms with Gasteiger partial charge in [0.1, 0.15) is 6.54 Å². The lowest BCUT2D eigenvalue weighted by Gasteiger charge is -2.34. The molecule has 4 rings (SSSR count). The number of likely N-dealkylation sites (tertiary alicyclic amines) is 1. The largest absolute Gasteiger partial charge is 0.341 e. The maximum Gasteiger partial charge on any atom is 0.242 e. The van der Waals surface area contributed by atoms with Crippen molar-refractivity contribution in [2.24, 2.45) is 29.6 Å². The van der Waals surface area contributed by atoms with Crippen LogP contribution in [0.2, 0.25) is 0 Å². The third-order valence-corrected chi connectivity index (χ3v) is 6.78. The van der Waals surface area contributed by atoms with Crippen molar-refractivity contribution in [2.45, 2.75) is 45.1 Å². The first kappa shape index (κ1) is 15.9. The number of hydrogen-bond donors (Lipinski definition) is 0. The van der Waals surface area contributed by atoms with Crippen LogP contribution in [0.1, 0.15) is 39.0 Å². The normalized spacial score (nSPS) is 40.3. The average Bonchev–Trinajstić information content (AvgIpc) is 3.24. The predicted octanol–water partition coefficient (Wildman–Crippen LogP) is 1.83. The van der Waals surface area contributed by atoms with E-state index in [9.17, 15) is 14.4 Å². The van der Waals surface area contributed by atoms with Gasteiger partial charge in [-0.3, -0.25) is 19.3 Å². The standard InChI is InChI=1S/C19H26N2O3/c1-11-3-7-14(8-4-11)20(2)15(22)10-21-18(23)16-12-5-6-13(9-12)17(16)19(21)24/h5-6,11-14,16-17H,3-4,7-10H2,1-2H3. The van der Waals surface area contributed by atoms with Crippen LogP contribution >= 0.6 is 0 Å². The van der Waals surface area contributed by atoms with Crippen molar-refractivity contribution in [1.82, 2.24) is 9.80 Å². The molecule has 4 atom stereocenters. The van der Waals surface area contributed by atoms with E-state index in [1.807, 2.05) is 7.05 Å². The fourth-order valence-corrected chi connectivity index (χ4v) is 5.20. The van der Waals surface area contributed by atoms with E-state index >= 15 is 0 Å². The van der Waals surface area contributed by atoms with E-state index in [1.165, 1.54) is 4.90 Å². The number of likely N-dealkylation sites (N-methyl/N-ethyl adjacent to an activating group) is 1. The molecule has 3 amide bonds. The van der Waals surface area contributed by atoms with E-state index < -0.39 is 0 Å². The van der Waals surface area contributed by atoms with Crippen molar-refractivity contribution >= 4 is 17.7 Å². The molecule has 0 aromatic carbocycles. The SMILES string of the molecule is CC1CCC(N(C)C(=O)CN2C(=O)C3C4C=CC(C4)C3C2=O)CC1. The maximum absolute atomic E-state index is 12.7. The molecule has 4 aliphatic rings. The van der Waals surface area contributed by atoms with Crippen LogP contribution in [-0.4, -0.2) is 47.2 Å². The number of rotatable bonds is 3. The van der Waals surface area contributed by atoms with Crippen molar-refractivity contribution in [3.63, 3.8) is 0 Å². The number of amides is 3. The molecular weight excluding hydrogens is 304 g/mol. The van der Waals surface area contributed by atoms with Crippen LogP contribution in [0, 0.1) is 29.6 Å². The van der Waals surface area contributed by atoms with Gasteiger partial charge in [0.25, 0.3) is 0 Å². The number of nitrogens with zero attached hydrogens (tertiary/aromatic N) is 2. The lowest BCUT2D eigenvalue weighted by molar-refractivity contribution is -0.147. The number of fused-ring (bicyclic) bond motifs is 5. The first-order valence-corrected chi connectivity index (χ1v) is 9.26. The van der Waals surface area contributed by atoms with Gasteiger partial charge in [-0.15, -0.1) is 0 Å². The molecule has 130 valence electrons. The first-order valence-electron chi connectivity index (χ1n) is 9.26. The Morgan fingerprint density at radius 1 is 1.08 bits per heavy atom. The molecule has 0 aromatic rings. The molecule has 0 radical (unpaired) electrons. The Morgan fingerprint density at radius 3 is 2.17 bits per heavy atom. The molecule has 2 bridgehead atoms. The molecule has 0 N–H and O–H groups in total. The Hall–Kier alpha value is -1.65. The maximum atomic E-state index is 12.7. The summed E-state index contributed by atoms with van der Waals surface area (Å²) in [5.74, 6) is 0.373. The van der Waals surface area contributed by atoms with Crippen molar-refractivity contribution in [2.75, 3.05) is 13.6 Å². The van der Waals surface area contributed by atoms with E-state index in [0.29, 0.717) is 0 Å². The van der Waals surface area contributed by atoms with E-state index in [0.717, 1.165) is 38.0 Å². The Bertz CT molecular complexity index is 576. The summed E-state index contributed by atoms with van der Waals surface area (Å²) >= 11 is 0. The molecule has 4 unspecified atom stereocenters. The summed E-state index contributed by atoms with van der Waals surface area (Å²) in [6, 6.07) is 0.249. The summed E-state index contributed by atoms with van der Waals surface area (Å²) in [5.41, 5.74) is 0. The first-order chi connectivity index (χ1) is 11.5. The van der Waals surface area contributed by atoms with E-state index in [1.54, 1.807) is 4.90 Å². The monoisotopic (exact) mass is 330 g/mol. The summed E-state index contributed by atoms with van der Waals surface area (Å²) in [7, 11) is 1.82. The third-order valence-electron chi connectivity index (χ3n) is 6.78. The van der Waals surface area contributed by atoms with Gasteiger partial charge in [0.05, 0.1) is 11.8 Å². The second-order valence-electron chi connectivity index (χ2n) is 8.18. The Labute approximate surface area is 143 Å². The summed E-state index contributed by atoms with van der Waals surface area (Å²) in [6.07, 6.45) is 9.41. The smallest absolute Gasteiger partial charge is 0.242 e. The molecule has 1 aliphatic heterocycles. The average molecular weight is 330 g/mol. The fourth-order valence-electron chi connectivity index (χ4n) is 5.20. The highest BCUT2D eigenvalue weighted by atomic mass is 16.2. The van der Waals surface area contributed by atoms with Crippen molar-refractivity contribution in [3.8, 4) is 0 Å². The van der Waals surface area contributed by atoms with E-state index in [4.69, 9.17) is 0 Å². The zero-order chi connectivity index (χ0) is 17.0. The van der Waals surface area contributed by atoms with Crippen LogP contribution in [-0.2, 0) is 14.4 Å².